The van der Waals surface area contributed by atoms with Crippen molar-refractivity contribution in [2.24, 2.45) is 0 Å². The molecule has 18 heavy (non-hydrogen) atoms. The molecule has 92 valence electrons. The molecule has 2 aromatic rings. The Morgan fingerprint density at radius 2 is 1.78 bits per heavy atom. The molecule has 0 spiro atoms. The van der Waals surface area contributed by atoms with Crippen LogP contribution in [0.5, 0.6) is 0 Å². The number of halogens is 2. The molecule has 0 radical (unpaired) electrons. The quantitative estimate of drug-likeness (QED) is 0.756. The average molecular weight is 279 g/mol. The van der Waals surface area contributed by atoms with E-state index in [1.807, 2.05) is 42.5 Å². The van der Waals surface area contributed by atoms with Gasteiger partial charge in [0.15, 0.2) is 0 Å². The highest BCUT2D eigenvalue weighted by molar-refractivity contribution is 6.64. The molecule has 0 aliphatic rings. The van der Waals surface area contributed by atoms with Crippen LogP contribution in [0.4, 0.5) is 0 Å². The first-order valence-electron chi connectivity index (χ1n) is 5.65. The molecule has 0 N–H and O–H groups in total. The van der Waals surface area contributed by atoms with E-state index in [1.165, 1.54) is 0 Å². The number of carbonyl (C=O) groups is 1. The van der Waals surface area contributed by atoms with E-state index in [4.69, 9.17) is 23.2 Å². The molecule has 2 rings (SSSR count). The average Bonchev–Trinajstić information content (AvgIpc) is 2.37. The van der Waals surface area contributed by atoms with Gasteiger partial charge in [-0.15, -0.1) is 0 Å². The molecule has 0 aliphatic heterocycles. The van der Waals surface area contributed by atoms with Crippen molar-refractivity contribution in [2.45, 2.75) is 12.3 Å². The lowest BCUT2D eigenvalue weighted by Gasteiger charge is -2.13. The van der Waals surface area contributed by atoms with Gasteiger partial charge in [-0.3, -0.25) is 4.79 Å². The number of carbonyl (C=O) groups excluding carboxylic acids is 1. The molecule has 2 aromatic carbocycles. The standard InChI is InChI=1S/C15H12Cl2O/c16-13-8-4-7-12(10-13)14(15(17)18)9-11-5-2-1-3-6-11/h1-8,10,14H,9H2. The highest BCUT2D eigenvalue weighted by Gasteiger charge is 2.19. The smallest absolute Gasteiger partial charge is 0.229 e. The first kappa shape index (κ1) is 13.1. The molecular formula is C15H12Cl2O. The van der Waals surface area contributed by atoms with Crippen LogP contribution in [0.2, 0.25) is 5.02 Å². The summed E-state index contributed by atoms with van der Waals surface area (Å²) >= 11 is 11.6. The summed E-state index contributed by atoms with van der Waals surface area (Å²) < 4.78 is 0. The van der Waals surface area contributed by atoms with Crippen LogP contribution in [0.25, 0.3) is 0 Å². The molecule has 1 unspecified atom stereocenters. The van der Waals surface area contributed by atoms with Crippen molar-refractivity contribution >= 4 is 28.4 Å². The zero-order chi connectivity index (χ0) is 13.0. The fourth-order valence-electron chi connectivity index (χ4n) is 1.90. The van der Waals surface area contributed by atoms with Gasteiger partial charge >= 0.3 is 0 Å². The lowest BCUT2D eigenvalue weighted by Crippen LogP contribution is -2.10. The lowest BCUT2D eigenvalue weighted by molar-refractivity contribution is -0.113. The summed E-state index contributed by atoms with van der Waals surface area (Å²) in [5, 5.41) is 0.254. The van der Waals surface area contributed by atoms with Crippen LogP contribution in [-0.4, -0.2) is 5.24 Å². The Morgan fingerprint density at radius 1 is 1.06 bits per heavy atom. The van der Waals surface area contributed by atoms with E-state index in [0.717, 1.165) is 11.1 Å². The van der Waals surface area contributed by atoms with Crippen molar-refractivity contribution in [3.05, 3.63) is 70.7 Å². The van der Waals surface area contributed by atoms with E-state index >= 15 is 0 Å². The second-order valence-electron chi connectivity index (χ2n) is 4.10. The van der Waals surface area contributed by atoms with Gasteiger partial charge in [-0.2, -0.15) is 0 Å². The van der Waals surface area contributed by atoms with Gasteiger partial charge in [0.2, 0.25) is 5.24 Å². The van der Waals surface area contributed by atoms with Crippen LogP contribution in [-0.2, 0) is 11.2 Å². The number of benzene rings is 2. The third-order valence-electron chi connectivity index (χ3n) is 2.81. The van der Waals surface area contributed by atoms with E-state index < -0.39 is 0 Å². The second kappa shape index (κ2) is 6.03. The summed E-state index contributed by atoms with van der Waals surface area (Å²) in [4.78, 5) is 11.6. The first-order valence-corrected chi connectivity index (χ1v) is 6.41. The summed E-state index contributed by atoms with van der Waals surface area (Å²) in [6.07, 6.45) is 0.587. The molecule has 0 fully saturated rings. The van der Waals surface area contributed by atoms with Gasteiger partial charge < -0.3 is 0 Å². The SMILES string of the molecule is O=C(Cl)C(Cc1ccccc1)c1cccc(Cl)c1. The third-order valence-corrected chi connectivity index (χ3v) is 3.31. The van der Waals surface area contributed by atoms with E-state index in [1.54, 1.807) is 12.1 Å². The minimum Gasteiger partial charge on any atom is -0.281 e. The highest BCUT2D eigenvalue weighted by Crippen LogP contribution is 2.25. The van der Waals surface area contributed by atoms with Crippen molar-refractivity contribution in [3.63, 3.8) is 0 Å². The van der Waals surface area contributed by atoms with Gasteiger partial charge in [-0.1, -0.05) is 54.1 Å². The van der Waals surface area contributed by atoms with E-state index in [-0.39, 0.29) is 11.2 Å². The van der Waals surface area contributed by atoms with E-state index in [0.29, 0.717) is 11.4 Å². The first-order chi connectivity index (χ1) is 8.66. The van der Waals surface area contributed by atoms with Crippen molar-refractivity contribution in [1.82, 2.24) is 0 Å². The Kier molecular flexibility index (Phi) is 4.40. The molecule has 1 atom stereocenters. The largest absolute Gasteiger partial charge is 0.281 e. The summed E-state index contributed by atoms with van der Waals surface area (Å²) in [6, 6.07) is 17.1. The Labute approximate surface area is 116 Å². The maximum absolute atomic E-state index is 11.6. The molecule has 0 heterocycles. The van der Waals surface area contributed by atoms with Crippen LogP contribution >= 0.6 is 23.2 Å². The minimum absolute atomic E-state index is 0.354. The van der Waals surface area contributed by atoms with Gasteiger partial charge in [0, 0.05) is 5.02 Å². The van der Waals surface area contributed by atoms with Crippen LogP contribution < -0.4 is 0 Å². The van der Waals surface area contributed by atoms with Crippen LogP contribution in [0.3, 0.4) is 0 Å². The fraction of sp³-hybridized carbons (Fsp3) is 0.133. The van der Waals surface area contributed by atoms with Crippen LogP contribution in [0.15, 0.2) is 54.6 Å². The minimum atomic E-state index is -0.360. The Balaban J connectivity index is 2.27. The molecular weight excluding hydrogens is 267 g/mol. The summed E-state index contributed by atoms with van der Waals surface area (Å²) in [5.74, 6) is -0.354. The van der Waals surface area contributed by atoms with Crippen molar-refractivity contribution < 1.29 is 4.79 Å². The molecule has 1 nitrogen and oxygen atoms in total. The Morgan fingerprint density at radius 3 is 2.39 bits per heavy atom. The molecule has 3 heteroatoms. The molecule has 0 saturated heterocycles. The van der Waals surface area contributed by atoms with Crippen molar-refractivity contribution in [1.29, 1.82) is 0 Å². The molecule has 0 amide bonds. The van der Waals surface area contributed by atoms with E-state index in [9.17, 15) is 4.79 Å². The van der Waals surface area contributed by atoms with Crippen molar-refractivity contribution in [2.75, 3.05) is 0 Å². The number of hydrogen-bond donors (Lipinski definition) is 0. The number of rotatable bonds is 4. The fourth-order valence-corrected chi connectivity index (χ4v) is 2.30. The molecule has 0 saturated carbocycles. The maximum Gasteiger partial charge on any atom is 0.229 e. The lowest BCUT2D eigenvalue weighted by atomic mass is 9.93. The highest BCUT2D eigenvalue weighted by atomic mass is 35.5. The summed E-state index contributed by atoms with van der Waals surface area (Å²) in [5.41, 5.74) is 1.93. The van der Waals surface area contributed by atoms with Gasteiger partial charge in [0.05, 0.1) is 5.92 Å². The van der Waals surface area contributed by atoms with Crippen molar-refractivity contribution in [3.8, 4) is 0 Å². The third kappa shape index (κ3) is 3.34. The van der Waals surface area contributed by atoms with Gasteiger partial charge in [0.1, 0.15) is 0 Å². The monoisotopic (exact) mass is 278 g/mol. The molecule has 0 bridgehead atoms. The van der Waals surface area contributed by atoms with Crippen LogP contribution in [0.1, 0.15) is 17.0 Å². The number of hydrogen-bond acceptors (Lipinski definition) is 1. The molecule has 0 aliphatic carbocycles. The predicted molar refractivity (Wildman–Crippen MR) is 75.2 cm³/mol. The van der Waals surface area contributed by atoms with Gasteiger partial charge in [-0.25, -0.2) is 0 Å². The van der Waals surface area contributed by atoms with Gasteiger partial charge in [-0.05, 0) is 41.3 Å². The summed E-state index contributed by atoms with van der Waals surface area (Å²) in [6.45, 7) is 0. The predicted octanol–water partition coefficient (Wildman–Crippen LogP) is 4.43. The normalized spacial score (nSPS) is 12.1. The van der Waals surface area contributed by atoms with Crippen LogP contribution in [0, 0.1) is 0 Å². The zero-order valence-electron chi connectivity index (χ0n) is 9.64. The molecule has 0 aromatic heterocycles. The zero-order valence-corrected chi connectivity index (χ0v) is 11.2. The topological polar surface area (TPSA) is 17.1 Å². The van der Waals surface area contributed by atoms with E-state index in [2.05, 4.69) is 0 Å². The Hall–Kier alpha value is -1.31. The second-order valence-corrected chi connectivity index (χ2v) is 4.91. The summed E-state index contributed by atoms with van der Waals surface area (Å²) in [7, 11) is 0. The maximum atomic E-state index is 11.6. The Bertz CT molecular complexity index is 537. The van der Waals surface area contributed by atoms with Gasteiger partial charge in [0.25, 0.3) is 0 Å².